The summed E-state index contributed by atoms with van der Waals surface area (Å²) < 4.78 is 6.04. The van der Waals surface area contributed by atoms with Crippen molar-refractivity contribution in [2.24, 2.45) is 5.92 Å². The smallest absolute Gasteiger partial charge is 0.261 e. The third kappa shape index (κ3) is 5.30. The number of amides is 2. The topological polar surface area (TPSA) is 58.6 Å². The minimum atomic E-state index is -0.645. The van der Waals surface area contributed by atoms with Gasteiger partial charge in [-0.15, -0.1) is 0 Å². The van der Waals surface area contributed by atoms with Crippen LogP contribution < -0.4 is 10.1 Å². The first-order chi connectivity index (χ1) is 16.4. The minimum Gasteiger partial charge on any atom is -0.481 e. The van der Waals surface area contributed by atoms with Crippen molar-refractivity contribution < 1.29 is 14.3 Å². The molecule has 0 fully saturated rings. The SMILES string of the molecule is CC(C)C(=O)N1CCc2ccc(O[C@@H](C)C(=O)NCc3ccccc3)cc2[C@@H]1c1ccccc1. The van der Waals surface area contributed by atoms with E-state index < -0.39 is 6.10 Å². The van der Waals surface area contributed by atoms with Gasteiger partial charge in [0.1, 0.15) is 5.75 Å². The van der Waals surface area contributed by atoms with Crippen LogP contribution in [0.5, 0.6) is 5.75 Å². The van der Waals surface area contributed by atoms with Gasteiger partial charge in [0.05, 0.1) is 6.04 Å². The molecule has 0 spiro atoms. The van der Waals surface area contributed by atoms with Crippen molar-refractivity contribution >= 4 is 11.8 Å². The van der Waals surface area contributed by atoms with Crippen molar-refractivity contribution in [3.63, 3.8) is 0 Å². The molecule has 34 heavy (non-hydrogen) atoms. The zero-order valence-electron chi connectivity index (χ0n) is 20.0. The van der Waals surface area contributed by atoms with E-state index in [0.717, 1.165) is 23.1 Å². The molecular weight excluding hydrogens is 424 g/mol. The number of hydrogen-bond acceptors (Lipinski definition) is 3. The van der Waals surface area contributed by atoms with Crippen LogP contribution >= 0.6 is 0 Å². The molecule has 0 aliphatic carbocycles. The Bertz CT molecular complexity index is 1130. The lowest BCUT2D eigenvalue weighted by molar-refractivity contribution is -0.136. The molecule has 0 radical (unpaired) electrons. The fourth-order valence-electron chi connectivity index (χ4n) is 4.42. The molecule has 3 aromatic carbocycles. The largest absolute Gasteiger partial charge is 0.481 e. The molecule has 5 nitrogen and oxygen atoms in total. The van der Waals surface area contributed by atoms with Gasteiger partial charge < -0.3 is 15.0 Å². The first-order valence-corrected chi connectivity index (χ1v) is 11.9. The number of hydrogen-bond donors (Lipinski definition) is 1. The Hall–Kier alpha value is -3.60. The van der Waals surface area contributed by atoms with E-state index in [2.05, 4.69) is 23.5 Å². The maximum Gasteiger partial charge on any atom is 0.261 e. The number of ether oxygens (including phenoxy) is 1. The summed E-state index contributed by atoms with van der Waals surface area (Å²) in [6, 6.07) is 25.7. The van der Waals surface area contributed by atoms with E-state index in [4.69, 9.17) is 4.74 Å². The molecule has 0 saturated heterocycles. The van der Waals surface area contributed by atoms with Gasteiger partial charge in [0.25, 0.3) is 5.91 Å². The average Bonchev–Trinajstić information content (AvgIpc) is 2.87. The highest BCUT2D eigenvalue weighted by atomic mass is 16.5. The Balaban J connectivity index is 1.55. The molecule has 5 heteroatoms. The summed E-state index contributed by atoms with van der Waals surface area (Å²) >= 11 is 0. The summed E-state index contributed by atoms with van der Waals surface area (Å²) in [5, 5.41) is 2.93. The monoisotopic (exact) mass is 456 g/mol. The molecule has 0 aromatic heterocycles. The van der Waals surface area contributed by atoms with Gasteiger partial charge in [-0.05, 0) is 47.7 Å². The Labute approximate surface area is 201 Å². The van der Waals surface area contributed by atoms with E-state index >= 15 is 0 Å². The van der Waals surface area contributed by atoms with E-state index in [1.54, 1.807) is 6.92 Å². The van der Waals surface area contributed by atoms with Crippen molar-refractivity contribution in [2.45, 2.75) is 45.9 Å². The van der Waals surface area contributed by atoms with E-state index in [1.165, 1.54) is 5.56 Å². The third-order valence-electron chi connectivity index (χ3n) is 6.23. The maximum absolute atomic E-state index is 13.1. The molecule has 4 rings (SSSR count). The average molecular weight is 457 g/mol. The highest BCUT2D eigenvalue weighted by molar-refractivity contribution is 5.81. The van der Waals surface area contributed by atoms with Crippen molar-refractivity contribution in [1.29, 1.82) is 0 Å². The second kappa shape index (κ2) is 10.6. The molecule has 1 heterocycles. The van der Waals surface area contributed by atoms with Crippen LogP contribution in [0.15, 0.2) is 78.9 Å². The summed E-state index contributed by atoms with van der Waals surface area (Å²) in [5.41, 5.74) is 4.37. The predicted molar refractivity (Wildman–Crippen MR) is 133 cm³/mol. The van der Waals surface area contributed by atoms with Gasteiger partial charge in [0, 0.05) is 19.0 Å². The number of benzene rings is 3. The second-order valence-corrected chi connectivity index (χ2v) is 9.07. The summed E-state index contributed by atoms with van der Waals surface area (Å²) in [6.07, 6.45) is 0.152. The van der Waals surface area contributed by atoms with Crippen LogP contribution in [0, 0.1) is 5.92 Å². The second-order valence-electron chi connectivity index (χ2n) is 9.07. The summed E-state index contributed by atoms with van der Waals surface area (Å²) in [5.74, 6) is 0.513. The molecule has 0 unspecified atom stereocenters. The van der Waals surface area contributed by atoms with E-state index in [-0.39, 0.29) is 23.8 Å². The lowest BCUT2D eigenvalue weighted by atomic mass is 9.87. The minimum absolute atomic E-state index is 0.0828. The van der Waals surface area contributed by atoms with Crippen LogP contribution in [-0.4, -0.2) is 29.4 Å². The third-order valence-corrected chi connectivity index (χ3v) is 6.23. The molecule has 0 bridgehead atoms. The van der Waals surface area contributed by atoms with Gasteiger partial charge in [-0.25, -0.2) is 0 Å². The van der Waals surface area contributed by atoms with Crippen LogP contribution in [0.3, 0.4) is 0 Å². The molecule has 1 N–H and O–H groups in total. The molecule has 1 aliphatic rings. The molecule has 3 aromatic rings. The van der Waals surface area contributed by atoms with Gasteiger partial charge in [-0.3, -0.25) is 9.59 Å². The molecule has 2 atom stereocenters. The quantitative estimate of drug-likeness (QED) is 0.550. The molecular formula is C29H32N2O3. The number of nitrogens with zero attached hydrogens (tertiary/aromatic N) is 1. The summed E-state index contributed by atoms with van der Waals surface area (Å²) in [7, 11) is 0. The van der Waals surface area contributed by atoms with Gasteiger partial charge in [-0.1, -0.05) is 80.6 Å². The van der Waals surface area contributed by atoms with Crippen LogP contribution in [0.2, 0.25) is 0 Å². The predicted octanol–water partition coefficient (Wildman–Crippen LogP) is 4.90. The summed E-state index contributed by atoms with van der Waals surface area (Å²) in [4.78, 5) is 27.7. The molecule has 0 saturated carbocycles. The fraction of sp³-hybridized carbons (Fsp3) is 0.310. The van der Waals surface area contributed by atoms with Gasteiger partial charge >= 0.3 is 0 Å². The van der Waals surface area contributed by atoms with Crippen LogP contribution in [0.1, 0.15) is 49.1 Å². The van der Waals surface area contributed by atoms with Gasteiger partial charge in [-0.2, -0.15) is 0 Å². The zero-order chi connectivity index (χ0) is 24.1. The van der Waals surface area contributed by atoms with Crippen molar-refractivity contribution in [1.82, 2.24) is 10.2 Å². The van der Waals surface area contributed by atoms with E-state index in [0.29, 0.717) is 18.8 Å². The molecule has 1 aliphatic heterocycles. The number of carbonyl (C=O) groups is 2. The Morgan fingerprint density at radius 2 is 1.65 bits per heavy atom. The number of rotatable bonds is 7. The Morgan fingerprint density at radius 3 is 2.32 bits per heavy atom. The molecule has 2 amide bonds. The van der Waals surface area contributed by atoms with Crippen molar-refractivity contribution in [3.05, 3.63) is 101 Å². The van der Waals surface area contributed by atoms with Gasteiger partial charge in [0.15, 0.2) is 6.10 Å². The lowest BCUT2D eigenvalue weighted by Gasteiger charge is -2.39. The Kier molecular flexibility index (Phi) is 7.31. The highest BCUT2D eigenvalue weighted by Gasteiger charge is 2.33. The van der Waals surface area contributed by atoms with E-state index in [1.807, 2.05) is 79.4 Å². The fourth-order valence-corrected chi connectivity index (χ4v) is 4.42. The van der Waals surface area contributed by atoms with Crippen LogP contribution in [-0.2, 0) is 22.6 Å². The van der Waals surface area contributed by atoms with Gasteiger partial charge in [0.2, 0.25) is 5.91 Å². The van der Waals surface area contributed by atoms with Crippen LogP contribution in [0.4, 0.5) is 0 Å². The van der Waals surface area contributed by atoms with Crippen molar-refractivity contribution in [2.75, 3.05) is 6.54 Å². The molecule has 176 valence electrons. The Morgan fingerprint density at radius 1 is 0.971 bits per heavy atom. The highest BCUT2D eigenvalue weighted by Crippen LogP contribution is 2.38. The number of fused-ring (bicyclic) bond motifs is 1. The normalized spacial score (nSPS) is 16.0. The maximum atomic E-state index is 13.1. The van der Waals surface area contributed by atoms with Crippen LogP contribution in [0.25, 0.3) is 0 Å². The standard InChI is InChI=1S/C29H32N2O3/c1-20(2)29(33)31-17-16-23-14-15-25(18-26(23)27(31)24-12-8-5-9-13-24)34-21(3)28(32)30-19-22-10-6-4-7-11-22/h4-15,18,20-21,27H,16-17,19H2,1-3H3,(H,30,32)/t21-,27-/m0/s1. The zero-order valence-corrected chi connectivity index (χ0v) is 20.0. The lowest BCUT2D eigenvalue weighted by Crippen LogP contribution is -2.42. The first kappa shape index (κ1) is 23.6. The van der Waals surface area contributed by atoms with Crippen molar-refractivity contribution in [3.8, 4) is 5.75 Å². The first-order valence-electron chi connectivity index (χ1n) is 11.9. The number of nitrogens with one attached hydrogen (secondary N) is 1. The number of carbonyl (C=O) groups excluding carboxylic acids is 2. The van der Waals surface area contributed by atoms with E-state index in [9.17, 15) is 9.59 Å². The summed E-state index contributed by atoms with van der Waals surface area (Å²) in [6.45, 7) is 6.77.